The minimum atomic E-state index is -0.418. The largest absolute Gasteiger partial charge is 0.327 e. The lowest BCUT2D eigenvalue weighted by Crippen LogP contribution is -2.41. The predicted molar refractivity (Wildman–Crippen MR) is 127 cm³/mol. The first-order chi connectivity index (χ1) is 16.5. The summed E-state index contributed by atoms with van der Waals surface area (Å²) >= 11 is 0. The average Bonchev–Trinajstić information content (AvgIpc) is 3.20. The topological polar surface area (TPSA) is 103 Å². The second-order valence-corrected chi connectivity index (χ2v) is 9.01. The van der Waals surface area contributed by atoms with Crippen LogP contribution in [0.5, 0.6) is 0 Å². The van der Waals surface area contributed by atoms with Gasteiger partial charge in [-0.1, -0.05) is 0 Å². The number of nitrogens with zero attached hydrogens (tertiary/aromatic N) is 5. The normalized spacial score (nSPS) is 17.9. The van der Waals surface area contributed by atoms with Crippen LogP contribution in [0, 0.1) is 12.7 Å². The first-order valence-electron chi connectivity index (χ1n) is 11.6. The molecular formula is C24H25FN8O. The standard InChI is InChI=1S/C24H25FN8O/c1-14-12-16(8-9-17(14)25)26-23(34)20-5-2-10-32(20)24-28-22(19-4-3-11-33(19)31-24)27-21-13-18(29-30-21)15-6-7-15/h3-4,8-9,11-13,15,20H,2,5-7,10H2,1H3,(H,26,34)(H2,27,28,29,30,31)/t20-/m0/s1. The van der Waals surface area contributed by atoms with Gasteiger partial charge in [-0.15, -0.1) is 5.10 Å². The number of hydrogen-bond acceptors (Lipinski definition) is 6. The average molecular weight is 461 g/mol. The highest BCUT2D eigenvalue weighted by Gasteiger charge is 2.33. The Balaban J connectivity index is 1.27. The zero-order chi connectivity index (χ0) is 23.2. The van der Waals surface area contributed by atoms with Crippen molar-refractivity contribution >= 4 is 34.7 Å². The number of anilines is 4. The van der Waals surface area contributed by atoms with E-state index in [-0.39, 0.29) is 11.7 Å². The fourth-order valence-corrected chi connectivity index (χ4v) is 4.49. The number of amides is 1. The number of halogens is 1. The van der Waals surface area contributed by atoms with Crippen molar-refractivity contribution in [1.82, 2.24) is 24.8 Å². The van der Waals surface area contributed by atoms with Gasteiger partial charge in [0.2, 0.25) is 11.9 Å². The lowest BCUT2D eigenvalue weighted by atomic mass is 10.1. The van der Waals surface area contributed by atoms with E-state index in [1.54, 1.807) is 23.6 Å². The molecule has 0 spiro atoms. The Hall–Kier alpha value is -3.95. The molecule has 9 nitrogen and oxygen atoms in total. The molecule has 1 aromatic carbocycles. The van der Waals surface area contributed by atoms with Crippen molar-refractivity contribution in [1.29, 1.82) is 0 Å². The molecule has 1 aliphatic carbocycles. The molecule has 0 unspecified atom stereocenters. The molecular weight excluding hydrogens is 435 g/mol. The molecule has 1 saturated heterocycles. The van der Waals surface area contributed by atoms with Gasteiger partial charge < -0.3 is 15.5 Å². The number of carbonyl (C=O) groups excluding carboxylic acids is 1. The zero-order valence-electron chi connectivity index (χ0n) is 18.8. The third-order valence-electron chi connectivity index (χ3n) is 6.48. The van der Waals surface area contributed by atoms with Crippen LogP contribution in [0.1, 0.15) is 42.9 Å². The van der Waals surface area contributed by atoms with Gasteiger partial charge in [0.05, 0.1) is 0 Å². The molecule has 3 aromatic heterocycles. The maximum atomic E-state index is 13.6. The molecule has 1 atom stereocenters. The van der Waals surface area contributed by atoms with Crippen molar-refractivity contribution in [2.45, 2.75) is 44.6 Å². The number of hydrogen-bond donors (Lipinski definition) is 3. The van der Waals surface area contributed by atoms with Gasteiger partial charge in [-0.3, -0.25) is 9.89 Å². The first kappa shape index (κ1) is 20.6. The van der Waals surface area contributed by atoms with Gasteiger partial charge in [0.1, 0.15) is 17.4 Å². The summed E-state index contributed by atoms with van der Waals surface area (Å²) in [6.45, 7) is 2.34. The maximum absolute atomic E-state index is 13.6. The van der Waals surface area contributed by atoms with Crippen LogP contribution in [0.3, 0.4) is 0 Å². The fourth-order valence-electron chi connectivity index (χ4n) is 4.49. The summed E-state index contributed by atoms with van der Waals surface area (Å²) in [7, 11) is 0. The Bertz CT molecular complexity index is 1370. The van der Waals surface area contributed by atoms with Crippen LogP contribution in [0.25, 0.3) is 5.52 Å². The molecule has 0 bridgehead atoms. The van der Waals surface area contributed by atoms with E-state index in [2.05, 4.69) is 25.9 Å². The molecule has 6 rings (SSSR count). The van der Waals surface area contributed by atoms with E-state index >= 15 is 0 Å². The highest BCUT2D eigenvalue weighted by atomic mass is 19.1. The van der Waals surface area contributed by atoms with Crippen LogP contribution in [0.2, 0.25) is 0 Å². The lowest BCUT2D eigenvalue weighted by molar-refractivity contribution is -0.117. The minimum absolute atomic E-state index is 0.157. The van der Waals surface area contributed by atoms with Gasteiger partial charge in [0.15, 0.2) is 11.6 Å². The Morgan fingerprint density at radius 3 is 2.91 bits per heavy atom. The molecule has 4 aromatic rings. The molecule has 1 amide bonds. The van der Waals surface area contributed by atoms with E-state index in [9.17, 15) is 9.18 Å². The first-order valence-corrected chi connectivity index (χ1v) is 11.6. The molecule has 2 fully saturated rings. The third-order valence-corrected chi connectivity index (χ3v) is 6.48. The summed E-state index contributed by atoms with van der Waals surface area (Å²) in [6.07, 6.45) is 5.78. The Kier molecular flexibility index (Phi) is 4.93. The highest BCUT2D eigenvalue weighted by molar-refractivity contribution is 5.97. The summed E-state index contributed by atoms with van der Waals surface area (Å²) in [5.74, 6) is 1.93. The van der Waals surface area contributed by atoms with Gasteiger partial charge in [-0.25, -0.2) is 8.91 Å². The second-order valence-electron chi connectivity index (χ2n) is 9.01. The number of nitrogens with one attached hydrogen (secondary N) is 3. The summed E-state index contributed by atoms with van der Waals surface area (Å²) in [5, 5.41) is 18.4. The van der Waals surface area contributed by atoms with Gasteiger partial charge in [0, 0.05) is 36.1 Å². The molecule has 1 saturated carbocycles. The highest BCUT2D eigenvalue weighted by Crippen LogP contribution is 2.39. The predicted octanol–water partition coefficient (Wildman–Crippen LogP) is 4.13. The number of benzene rings is 1. The Morgan fingerprint density at radius 2 is 2.09 bits per heavy atom. The fraction of sp³-hybridized carbons (Fsp3) is 0.333. The number of aromatic amines is 1. The van der Waals surface area contributed by atoms with Crippen molar-refractivity contribution in [3.63, 3.8) is 0 Å². The van der Waals surface area contributed by atoms with Crippen LogP contribution in [0.4, 0.5) is 27.7 Å². The van der Waals surface area contributed by atoms with Crippen molar-refractivity contribution in [3.05, 3.63) is 59.7 Å². The molecule has 3 N–H and O–H groups in total. The number of carbonyl (C=O) groups is 1. The Labute approximate surface area is 195 Å². The molecule has 10 heteroatoms. The van der Waals surface area contributed by atoms with Crippen molar-refractivity contribution in [3.8, 4) is 0 Å². The van der Waals surface area contributed by atoms with Gasteiger partial charge in [-0.2, -0.15) is 10.1 Å². The number of fused-ring (bicyclic) bond motifs is 1. The third kappa shape index (κ3) is 3.85. The van der Waals surface area contributed by atoms with Crippen LogP contribution < -0.4 is 15.5 Å². The smallest absolute Gasteiger partial charge is 0.247 e. The number of rotatable bonds is 6. The van der Waals surface area contributed by atoms with Crippen molar-refractivity contribution in [2.24, 2.45) is 0 Å². The summed E-state index contributed by atoms with van der Waals surface area (Å²) in [4.78, 5) is 19.8. The van der Waals surface area contributed by atoms with Gasteiger partial charge >= 0.3 is 0 Å². The number of H-pyrrole nitrogens is 1. The van der Waals surface area contributed by atoms with Crippen LogP contribution in [0.15, 0.2) is 42.6 Å². The summed E-state index contributed by atoms with van der Waals surface area (Å²) in [5.41, 5.74) is 3.02. The summed E-state index contributed by atoms with van der Waals surface area (Å²) in [6, 6.07) is 10.0. The van der Waals surface area contributed by atoms with Gasteiger partial charge in [0.25, 0.3) is 0 Å². The zero-order valence-corrected chi connectivity index (χ0v) is 18.8. The van der Waals surface area contributed by atoms with Crippen molar-refractivity contribution in [2.75, 3.05) is 22.1 Å². The van der Waals surface area contributed by atoms with E-state index in [1.807, 2.05) is 29.3 Å². The van der Waals surface area contributed by atoms with Crippen LogP contribution in [-0.4, -0.2) is 43.3 Å². The maximum Gasteiger partial charge on any atom is 0.247 e. The van der Waals surface area contributed by atoms with E-state index < -0.39 is 6.04 Å². The van der Waals surface area contributed by atoms with Crippen LogP contribution in [-0.2, 0) is 4.79 Å². The monoisotopic (exact) mass is 460 g/mol. The van der Waals surface area contributed by atoms with Crippen LogP contribution >= 0.6 is 0 Å². The van der Waals surface area contributed by atoms with E-state index in [1.165, 1.54) is 18.9 Å². The minimum Gasteiger partial charge on any atom is -0.327 e. The quantitative estimate of drug-likeness (QED) is 0.400. The SMILES string of the molecule is Cc1cc(NC(=O)[C@@H]2CCCN2c2nc(Nc3cc(C4CC4)[nH]n3)c3cccn3n2)ccc1F. The van der Waals surface area contributed by atoms with E-state index in [0.717, 1.165) is 17.6 Å². The number of aromatic nitrogens is 5. The lowest BCUT2D eigenvalue weighted by Gasteiger charge is -2.24. The Morgan fingerprint density at radius 1 is 1.21 bits per heavy atom. The van der Waals surface area contributed by atoms with E-state index in [4.69, 9.17) is 4.98 Å². The number of aryl methyl sites for hydroxylation is 1. The molecule has 4 heterocycles. The molecule has 0 radical (unpaired) electrons. The molecule has 2 aliphatic rings. The molecule has 34 heavy (non-hydrogen) atoms. The second kappa shape index (κ2) is 8.12. The van der Waals surface area contributed by atoms with E-state index in [0.29, 0.717) is 47.7 Å². The van der Waals surface area contributed by atoms with Gasteiger partial charge in [-0.05, 0) is 68.5 Å². The molecule has 1 aliphatic heterocycles. The molecule has 174 valence electrons. The van der Waals surface area contributed by atoms with Crippen molar-refractivity contribution < 1.29 is 9.18 Å². The summed E-state index contributed by atoms with van der Waals surface area (Å²) < 4.78 is 15.4.